The summed E-state index contributed by atoms with van der Waals surface area (Å²) >= 11 is 3.09. The van der Waals surface area contributed by atoms with Gasteiger partial charge in [0.15, 0.2) is 0 Å². The zero-order valence-corrected chi connectivity index (χ0v) is 22.2. The average molecular weight is 571 g/mol. The number of halogens is 3. The van der Waals surface area contributed by atoms with E-state index in [1.165, 1.54) is 24.6 Å². The maximum absolute atomic E-state index is 14.8. The number of benzene rings is 2. The van der Waals surface area contributed by atoms with Crippen LogP contribution in [0, 0.1) is 0 Å². The van der Waals surface area contributed by atoms with E-state index in [9.17, 15) is 23.0 Å². The second kappa shape index (κ2) is 11.8. The van der Waals surface area contributed by atoms with Crippen molar-refractivity contribution in [1.29, 1.82) is 0 Å². The topological polar surface area (TPSA) is 91.4 Å². The molecule has 3 rings (SSSR count). The molecule has 0 saturated heterocycles. The number of aromatic amines is 1. The monoisotopic (exact) mass is 570 g/mol. The minimum absolute atomic E-state index is 0.00656. The molecule has 190 valence electrons. The highest BCUT2D eigenvalue weighted by Gasteiger charge is 2.54. The first-order valence-electron chi connectivity index (χ1n) is 11.5. The highest BCUT2D eigenvalue weighted by atomic mass is 79.9. The first-order valence-corrected chi connectivity index (χ1v) is 13.9. The smallest absolute Gasteiger partial charge is 0.361 e. The van der Waals surface area contributed by atoms with Gasteiger partial charge in [0, 0.05) is 40.1 Å². The SMILES string of the molecule is CCC(C)OP(=O)(O)C(F)(F)c1ccc(CCNC(=O)CCCc2c[nH]c3ccccc23)cc1Br. The summed E-state index contributed by atoms with van der Waals surface area (Å²) in [7, 11) is -5.23. The largest absolute Gasteiger partial charge is 0.402 e. The molecule has 6 nitrogen and oxygen atoms in total. The van der Waals surface area contributed by atoms with Gasteiger partial charge in [-0.2, -0.15) is 8.78 Å². The molecule has 0 aliphatic carbocycles. The van der Waals surface area contributed by atoms with Gasteiger partial charge in [0.2, 0.25) is 5.91 Å². The average Bonchev–Trinajstić information content (AvgIpc) is 3.21. The molecule has 1 amide bonds. The Balaban J connectivity index is 1.49. The van der Waals surface area contributed by atoms with E-state index in [-0.39, 0.29) is 10.4 Å². The minimum atomic E-state index is -5.23. The first kappa shape index (κ1) is 27.5. The number of alkyl halides is 2. The molecule has 0 spiro atoms. The molecule has 3 aromatic rings. The van der Waals surface area contributed by atoms with Crippen molar-refractivity contribution in [1.82, 2.24) is 10.3 Å². The summed E-state index contributed by atoms with van der Waals surface area (Å²) in [4.78, 5) is 25.3. The quantitative estimate of drug-likeness (QED) is 0.212. The van der Waals surface area contributed by atoms with E-state index in [1.54, 1.807) is 6.92 Å². The van der Waals surface area contributed by atoms with E-state index in [4.69, 9.17) is 4.52 Å². The highest BCUT2D eigenvalue weighted by Crippen LogP contribution is 2.64. The van der Waals surface area contributed by atoms with E-state index in [1.807, 2.05) is 24.4 Å². The molecule has 0 radical (unpaired) electrons. The molecule has 0 saturated carbocycles. The lowest BCUT2D eigenvalue weighted by molar-refractivity contribution is -0.121. The Morgan fingerprint density at radius 3 is 2.71 bits per heavy atom. The Morgan fingerprint density at radius 1 is 1.26 bits per heavy atom. The predicted octanol–water partition coefficient (Wildman–Crippen LogP) is 6.66. The van der Waals surface area contributed by atoms with E-state index in [2.05, 4.69) is 32.3 Å². The van der Waals surface area contributed by atoms with Crippen molar-refractivity contribution in [2.75, 3.05) is 6.54 Å². The van der Waals surface area contributed by atoms with Crippen LogP contribution < -0.4 is 5.32 Å². The number of nitrogens with one attached hydrogen (secondary N) is 2. The van der Waals surface area contributed by atoms with Gasteiger partial charge in [-0.25, -0.2) is 0 Å². The molecule has 1 aromatic heterocycles. The minimum Gasteiger partial charge on any atom is -0.361 e. The van der Waals surface area contributed by atoms with Crippen molar-refractivity contribution in [2.24, 2.45) is 0 Å². The van der Waals surface area contributed by atoms with Crippen molar-refractivity contribution in [2.45, 2.75) is 57.7 Å². The van der Waals surface area contributed by atoms with Crippen LogP contribution in [0.5, 0.6) is 0 Å². The van der Waals surface area contributed by atoms with Gasteiger partial charge in [-0.15, -0.1) is 0 Å². The zero-order chi connectivity index (χ0) is 25.6. The van der Waals surface area contributed by atoms with Crippen LogP contribution in [0.2, 0.25) is 0 Å². The normalized spacial score (nSPS) is 14.6. The third kappa shape index (κ3) is 6.79. The van der Waals surface area contributed by atoms with E-state index in [0.29, 0.717) is 37.8 Å². The van der Waals surface area contributed by atoms with Crippen molar-refractivity contribution >= 4 is 40.3 Å². The first-order chi connectivity index (χ1) is 16.5. The fourth-order valence-corrected chi connectivity index (χ4v) is 5.80. The fourth-order valence-electron chi connectivity index (χ4n) is 3.71. The third-order valence-corrected chi connectivity index (χ3v) is 8.12. The summed E-state index contributed by atoms with van der Waals surface area (Å²) in [5.74, 6) is -0.0736. The van der Waals surface area contributed by atoms with Crippen molar-refractivity contribution in [3.63, 3.8) is 0 Å². The Kier molecular flexibility index (Phi) is 9.27. The van der Waals surface area contributed by atoms with Gasteiger partial charge in [0.05, 0.1) is 6.10 Å². The predicted molar refractivity (Wildman–Crippen MR) is 137 cm³/mol. The lowest BCUT2D eigenvalue weighted by atomic mass is 10.1. The van der Waals surface area contributed by atoms with Crippen LogP contribution in [0.3, 0.4) is 0 Å². The Bertz CT molecular complexity index is 1220. The molecule has 0 bridgehead atoms. The number of fused-ring (bicyclic) bond motifs is 1. The molecule has 2 aromatic carbocycles. The standard InChI is InChI=1S/C25H30BrF2N2O4P/c1-3-17(2)34-35(32,33)25(27,28)21-12-11-18(15-22(21)26)13-14-29-24(31)10-6-7-19-16-30-23-9-5-4-8-20(19)23/h4-5,8-9,11-12,15-17,30H,3,6-7,10,13-14H2,1-2H3,(H,29,31)(H,32,33). The molecule has 0 aliphatic heterocycles. The molecule has 0 fully saturated rings. The van der Waals surface area contributed by atoms with Gasteiger partial charge in [-0.3, -0.25) is 9.36 Å². The second-order valence-corrected chi connectivity index (χ2v) is 11.2. The molecule has 2 atom stereocenters. The number of hydrogen-bond donors (Lipinski definition) is 3. The van der Waals surface area contributed by atoms with Gasteiger partial charge in [-0.05, 0) is 55.9 Å². The van der Waals surface area contributed by atoms with Gasteiger partial charge >= 0.3 is 13.3 Å². The van der Waals surface area contributed by atoms with Crippen LogP contribution in [0.4, 0.5) is 8.78 Å². The number of rotatable bonds is 12. The van der Waals surface area contributed by atoms with Crippen LogP contribution in [-0.4, -0.2) is 28.4 Å². The Morgan fingerprint density at radius 2 is 2.00 bits per heavy atom. The molecule has 10 heteroatoms. The van der Waals surface area contributed by atoms with Crippen molar-refractivity contribution in [3.05, 3.63) is 69.8 Å². The number of aryl methyl sites for hydroxylation is 1. The van der Waals surface area contributed by atoms with Crippen molar-refractivity contribution < 1.29 is 27.6 Å². The highest BCUT2D eigenvalue weighted by molar-refractivity contribution is 9.10. The summed E-state index contributed by atoms with van der Waals surface area (Å²) in [6.07, 6.45) is 3.84. The maximum Gasteiger partial charge on any atom is 0.402 e. The van der Waals surface area contributed by atoms with Crippen LogP contribution in [-0.2, 0) is 32.4 Å². The third-order valence-electron chi connectivity index (χ3n) is 5.87. The van der Waals surface area contributed by atoms with E-state index in [0.717, 1.165) is 23.4 Å². The Labute approximate surface area is 212 Å². The number of carbonyl (C=O) groups is 1. The summed E-state index contributed by atoms with van der Waals surface area (Å²) in [5, 5.41) is 4.01. The van der Waals surface area contributed by atoms with E-state index < -0.39 is 24.9 Å². The zero-order valence-electron chi connectivity index (χ0n) is 19.7. The molecule has 1 heterocycles. The van der Waals surface area contributed by atoms with Crippen LogP contribution in [0.25, 0.3) is 10.9 Å². The molecule has 3 N–H and O–H groups in total. The number of aromatic nitrogens is 1. The molecular weight excluding hydrogens is 541 g/mol. The van der Waals surface area contributed by atoms with E-state index >= 15 is 0 Å². The molecule has 2 unspecified atom stereocenters. The summed E-state index contributed by atoms with van der Waals surface area (Å²) in [6, 6.07) is 12.1. The van der Waals surface area contributed by atoms with Crippen LogP contribution in [0.1, 0.15) is 49.8 Å². The summed E-state index contributed by atoms with van der Waals surface area (Å²) in [6.45, 7) is 3.49. The number of para-hydroxylation sites is 1. The lowest BCUT2D eigenvalue weighted by Crippen LogP contribution is -2.25. The number of hydrogen-bond acceptors (Lipinski definition) is 3. The molecule has 35 heavy (non-hydrogen) atoms. The van der Waals surface area contributed by atoms with Crippen LogP contribution >= 0.6 is 23.5 Å². The number of amides is 1. The summed E-state index contributed by atoms with van der Waals surface area (Å²) in [5.41, 5.74) is -1.72. The van der Waals surface area contributed by atoms with Gasteiger partial charge in [0.25, 0.3) is 0 Å². The van der Waals surface area contributed by atoms with Crippen LogP contribution in [0.15, 0.2) is 53.1 Å². The summed E-state index contributed by atoms with van der Waals surface area (Å²) < 4.78 is 46.5. The maximum atomic E-state index is 14.8. The second-order valence-electron chi connectivity index (χ2n) is 8.51. The van der Waals surface area contributed by atoms with Gasteiger partial charge < -0.3 is 19.7 Å². The number of H-pyrrole nitrogens is 1. The Hall–Kier alpha value is -2.06. The van der Waals surface area contributed by atoms with Crippen molar-refractivity contribution in [3.8, 4) is 0 Å². The molecule has 0 aliphatic rings. The van der Waals surface area contributed by atoms with Gasteiger partial charge in [-0.1, -0.05) is 53.2 Å². The molecular formula is C25H30BrF2N2O4P. The fraction of sp³-hybridized carbons (Fsp3) is 0.400. The van der Waals surface area contributed by atoms with Gasteiger partial charge in [0.1, 0.15) is 0 Å². The lowest BCUT2D eigenvalue weighted by Gasteiger charge is -2.25. The number of carbonyl (C=O) groups excluding carboxylic acids is 1.